The van der Waals surface area contributed by atoms with E-state index in [-0.39, 0.29) is 36.2 Å². The highest BCUT2D eigenvalue weighted by Crippen LogP contribution is 2.46. The Balaban J connectivity index is 1.66. The molecule has 0 N–H and O–H groups in total. The van der Waals surface area contributed by atoms with Gasteiger partial charge in [-0.15, -0.1) is 6.58 Å². The molecule has 2 nitrogen and oxygen atoms in total. The van der Waals surface area contributed by atoms with Crippen LogP contribution < -0.4 is 9.47 Å². The van der Waals surface area contributed by atoms with Crippen molar-refractivity contribution in [1.29, 1.82) is 0 Å². The third-order valence-electron chi connectivity index (χ3n) is 5.90. The molecule has 1 fully saturated rings. The summed E-state index contributed by atoms with van der Waals surface area (Å²) in [7, 11) is 0. The summed E-state index contributed by atoms with van der Waals surface area (Å²) in [6, 6.07) is 4.90. The summed E-state index contributed by atoms with van der Waals surface area (Å²) in [5.41, 5.74) is 1.51. The van der Waals surface area contributed by atoms with Crippen molar-refractivity contribution in [2.45, 2.75) is 38.0 Å². The van der Waals surface area contributed by atoms with E-state index in [1.165, 1.54) is 12.1 Å². The average Bonchev–Trinajstić information content (AvgIpc) is 2.75. The van der Waals surface area contributed by atoms with Crippen LogP contribution in [0, 0.1) is 23.4 Å². The largest absolute Gasteiger partial charge is 0.486 e. The summed E-state index contributed by atoms with van der Waals surface area (Å²) in [6.07, 6.45) is 7.13. The second kappa shape index (κ2) is 7.97. The summed E-state index contributed by atoms with van der Waals surface area (Å²) in [6.45, 7) is 7.48. The molecular weight excluding hydrogens is 377 g/mol. The Morgan fingerprint density at radius 2 is 1.69 bits per heavy atom. The van der Waals surface area contributed by atoms with Gasteiger partial charge in [0.25, 0.3) is 0 Å². The zero-order valence-corrected chi connectivity index (χ0v) is 16.1. The number of rotatable bonds is 5. The molecule has 1 saturated carbocycles. The van der Waals surface area contributed by atoms with Crippen LogP contribution in [0.25, 0.3) is 0 Å². The van der Waals surface area contributed by atoms with E-state index in [0.29, 0.717) is 22.6 Å². The van der Waals surface area contributed by atoms with Gasteiger partial charge < -0.3 is 9.47 Å². The number of hydrogen-bond donors (Lipinski definition) is 0. The van der Waals surface area contributed by atoms with Crippen LogP contribution in [0.4, 0.5) is 13.2 Å². The maximum Gasteiger partial charge on any atom is 0.207 e. The molecule has 0 amide bonds. The Bertz CT molecular complexity index is 959. The highest BCUT2D eigenvalue weighted by Gasteiger charge is 2.31. The van der Waals surface area contributed by atoms with E-state index >= 15 is 0 Å². The second-order valence-electron chi connectivity index (χ2n) is 7.67. The lowest BCUT2D eigenvalue weighted by Crippen LogP contribution is -2.16. The Labute approximate surface area is 168 Å². The molecule has 0 saturated heterocycles. The molecule has 4 rings (SSSR count). The smallest absolute Gasteiger partial charge is 0.207 e. The number of ether oxygens (including phenoxy) is 2. The second-order valence-corrected chi connectivity index (χ2v) is 7.67. The molecule has 0 unspecified atom stereocenters. The van der Waals surface area contributed by atoms with Crippen molar-refractivity contribution in [3.63, 3.8) is 0 Å². The molecule has 1 heterocycles. The molecule has 29 heavy (non-hydrogen) atoms. The van der Waals surface area contributed by atoms with Crippen molar-refractivity contribution in [3.8, 4) is 17.2 Å². The summed E-state index contributed by atoms with van der Waals surface area (Å²) in [4.78, 5) is 0. The maximum absolute atomic E-state index is 14.9. The van der Waals surface area contributed by atoms with Crippen LogP contribution in [0.3, 0.4) is 0 Å². The fourth-order valence-corrected chi connectivity index (χ4v) is 4.28. The van der Waals surface area contributed by atoms with Crippen LogP contribution >= 0.6 is 0 Å². The van der Waals surface area contributed by atoms with Crippen molar-refractivity contribution in [2.24, 2.45) is 5.92 Å². The van der Waals surface area contributed by atoms with Gasteiger partial charge in [0.2, 0.25) is 11.6 Å². The predicted molar refractivity (Wildman–Crippen MR) is 106 cm³/mol. The minimum absolute atomic E-state index is 0.0106. The van der Waals surface area contributed by atoms with Gasteiger partial charge in [-0.3, -0.25) is 0 Å². The van der Waals surface area contributed by atoms with E-state index in [4.69, 9.17) is 9.47 Å². The molecule has 0 bridgehead atoms. The number of benzene rings is 2. The Hall–Kier alpha value is -2.69. The summed E-state index contributed by atoms with van der Waals surface area (Å²) >= 11 is 0. The first kappa shape index (κ1) is 19.6. The van der Waals surface area contributed by atoms with E-state index in [0.717, 1.165) is 25.7 Å². The van der Waals surface area contributed by atoms with E-state index in [9.17, 15) is 13.2 Å². The van der Waals surface area contributed by atoms with Crippen LogP contribution in [0.2, 0.25) is 0 Å². The molecule has 5 heteroatoms. The summed E-state index contributed by atoms with van der Waals surface area (Å²) < 4.78 is 55.3. The Morgan fingerprint density at radius 3 is 2.38 bits per heavy atom. The lowest BCUT2D eigenvalue weighted by atomic mass is 9.78. The van der Waals surface area contributed by atoms with Gasteiger partial charge in [-0.2, -0.15) is 8.78 Å². The number of fused-ring (bicyclic) bond motifs is 2. The monoisotopic (exact) mass is 400 g/mol. The normalized spacial score (nSPS) is 20.2. The van der Waals surface area contributed by atoms with E-state index in [1.54, 1.807) is 12.1 Å². The molecule has 2 aliphatic rings. The Morgan fingerprint density at radius 1 is 0.966 bits per heavy atom. The van der Waals surface area contributed by atoms with Crippen molar-refractivity contribution in [1.82, 2.24) is 0 Å². The van der Waals surface area contributed by atoms with Gasteiger partial charge in [-0.25, -0.2) is 4.39 Å². The first-order chi connectivity index (χ1) is 14.0. The van der Waals surface area contributed by atoms with Crippen LogP contribution in [0.15, 0.2) is 43.5 Å². The fourth-order valence-electron chi connectivity index (χ4n) is 4.28. The van der Waals surface area contributed by atoms with Gasteiger partial charge in [0.05, 0.1) is 0 Å². The van der Waals surface area contributed by atoms with Crippen LogP contribution in [0.1, 0.15) is 48.3 Å². The van der Waals surface area contributed by atoms with Gasteiger partial charge in [0.1, 0.15) is 6.61 Å². The fraction of sp³-hybridized carbons (Fsp3) is 0.333. The van der Waals surface area contributed by atoms with Crippen molar-refractivity contribution >= 4 is 0 Å². The first-order valence-corrected chi connectivity index (χ1v) is 9.89. The molecule has 0 aromatic heterocycles. The van der Waals surface area contributed by atoms with Crippen LogP contribution in [0.5, 0.6) is 17.2 Å². The van der Waals surface area contributed by atoms with Crippen molar-refractivity contribution in [3.05, 3.63) is 77.7 Å². The van der Waals surface area contributed by atoms with E-state index < -0.39 is 17.5 Å². The molecule has 1 aliphatic carbocycles. The number of halogens is 3. The topological polar surface area (TPSA) is 18.5 Å². The minimum Gasteiger partial charge on any atom is -0.486 e. The van der Waals surface area contributed by atoms with Crippen LogP contribution in [-0.4, -0.2) is 6.61 Å². The molecule has 2 aromatic carbocycles. The van der Waals surface area contributed by atoms with E-state index in [1.807, 2.05) is 6.08 Å². The Kier molecular flexibility index (Phi) is 5.39. The zero-order chi connectivity index (χ0) is 20.5. The predicted octanol–water partition coefficient (Wildman–Crippen LogP) is 6.83. The summed E-state index contributed by atoms with van der Waals surface area (Å²) in [5.74, 6) is -2.62. The van der Waals surface area contributed by atoms with Gasteiger partial charge >= 0.3 is 0 Å². The number of allylic oxidation sites excluding steroid dienone is 1. The molecular formula is C24H23F3O2. The highest BCUT2D eigenvalue weighted by atomic mass is 19.2. The standard InChI is InChI=1S/C24H23F3O2/c1-3-11-28-19-10-9-16-12-17-13-18(15-7-5-14(4-2)6-8-15)20(25)22(27)24(17)29-23(16)21(19)26/h3-4,9-10,13-15H,1-2,5-8,11-12H2. The van der Waals surface area contributed by atoms with Crippen molar-refractivity contribution in [2.75, 3.05) is 6.61 Å². The molecule has 152 valence electrons. The van der Waals surface area contributed by atoms with E-state index in [2.05, 4.69) is 13.2 Å². The van der Waals surface area contributed by atoms with Gasteiger partial charge in [-0.05, 0) is 55.2 Å². The SMILES string of the molecule is C=CCOc1ccc2c(c1F)Oc1c(cc(C3CCC(C=C)CC3)c(F)c1F)C2. The molecule has 1 aliphatic heterocycles. The maximum atomic E-state index is 14.9. The summed E-state index contributed by atoms with van der Waals surface area (Å²) in [5, 5.41) is 0. The lowest BCUT2D eigenvalue weighted by molar-refractivity contribution is 0.323. The zero-order valence-electron chi connectivity index (χ0n) is 16.1. The van der Waals surface area contributed by atoms with Gasteiger partial charge in [0, 0.05) is 17.5 Å². The third kappa shape index (κ3) is 3.54. The lowest BCUT2D eigenvalue weighted by Gasteiger charge is -2.29. The number of hydrogen-bond acceptors (Lipinski definition) is 2. The molecule has 0 spiro atoms. The van der Waals surface area contributed by atoms with Crippen molar-refractivity contribution < 1.29 is 22.6 Å². The third-order valence-corrected chi connectivity index (χ3v) is 5.90. The van der Waals surface area contributed by atoms with Crippen LogP contribution in [-0.2, 0) is 6.42 Å². The first-order valence-electron chi connectivity index (χ1n) is 9.89. The van der Waals surface area contributed by atoms with Gasteiger partial charge in [0.15, 0.2) is 23.1 Å². The highest BCUT2D eigenvalue weighted by molar-refractivity contribution is 5.55. The molecule has 0 atom stereocenters. The minimum atomic E-state index is -1.05. The average molecular weight is 400 g/mol. The van der Waals surface area contributed by atoms with Gasteiger partial charge in [-0.1, -0.05) is 24.8 Å². The quantitative estimate of drug-likeness (QED) is 0.437. The molecule has 0 radical (unpaired) electrons. The molecule has 2 aromatic rings.